The Morgan fingerprint density at radius 1 is 1.39 bits per heavy atom. The molecule has 0 spiro atoms. The van der Waals surface area contributed by atoms with Crippen LogP contribution in [-0.2, 0) is 13.6 Å². The van der Waals surface area contributed by atoms with Crippen LogP contribution in [0.25, 0.3) is 0 Å². The fraction of sp³-hybridized carbons (Fsp3) is 0.231. The number of rotatable bonds is 3. The fourth-order valence-corrected chi connectivity index (χ4v) is 1.71. The molecule has 2 rings (SSSR count). The van der Waals surface area contributed by atoms with Crippen LogP contribution < -0.4 is 0 Å². The summed E-state index contributed by atoms with van der Waals surface area (Å²) in [4.78, 5) is 17.7. The second-order valence-corrected chi connectivity index (χ2v) is 4.22. The molecule has 1 N–H and O–H groups in total. The summed E-state index contributed by atoms with van der Waals surface area (Å²) in [7, 11) is 3.52. The van der Waals surface area contributed by atoms with Crippen LogP contribution in [0.3, 0.4) is 0 Å². The highest BCUT2D eigenvalue weighted by molar-refractivity contribution is 5.92. The van der Waals surface area contributed by atoms with Crippen LogP contribution in [-0.4, -0.2) is 32.5 Å². The normalized spacial score (nSPS) is 10.3. The van der Waals surface area contributed by atoms with Crippen molar-refractivity contribution in [3.8, 4) is 5.75 Å². The number of phenols is 1. The van der Waals surface area contributed by atoms with Gasteiger partial charge in [-0.25, -0.2) is 4.98 Å². The number of carbonyl (C=O) groups is 1. The standard InChI is InChI=1S/C13H15N3O2/c1-15(8-10-3-5-11(17)6-4-10)13(18)12-7-14-9-16(12)2/h3-7,9,17H,8H2,1-2H3. The Morgan fingerprint density at radius 2 is 2.06 bits per heavy atom. The zero-order chi connectivity index (χ0) is 13.1. The van der Waals surface area contributed by atoms with E-state index in [2.05, 4.69) is 4.98 Å². The molecule has 5 heteroatoms. The van der Waals surface area contributed by atoms with Gasteiger partial charge in [-0.05, 0) is 17.7 Å². The van der Waals surface area contributed by atoms with Gasteiger partial charge in [0.25, 0.3) is 5.91 Å². The third-order valence-electron chi connectivity index (χ3n) is 2.74. The maximum atomic E-state index is 12.1. The molecule has 0 atom stereocenters. The number of nitrogens with zero attached hydrogens (tertiary/aromatic N) is 3. The van der Waals surface area contributed by atoms with Crippen LogP contribution in [0, 0.1) is 0 Å². The fourth-order valence-electron chi connectivity index (χ4n) is 1.71. The maximum absolute atomic E-state index is 12.1. The number of aromatic hydroxyl groups is 1. The first kappa shape index (κ1) is 12.2. The maximum Gasteiger partial charge on any atom is 0.272 e. The number of aromatic nitrogens is 2. The largest absolute Gasteiger partial charge is 0.508 e. The molecule has 2 aromatic rings. The summed E-state index contributed by atoms with van der Waals surface area (Å²) in [6.45, 7) is 0.490. The van der Waals surface area contributed by atoms with E-state index in [0.717, 1.165) is 5.56 Å². The van der Waals surface area contributed by atoms with E-state index < -0.39 is 0 Å². The minimum Gasteiger partial charge on any atom is -0.508 e. The molecule has 0 aliphatic heterocycles. The van der Waals surface area contributed by atoms with Gasteiger partial charge in [-0.3, -0.25) is 4.79 Å². The highest BCUT2D eigenvalue weighted by atomic mass is 16.3. The Balaban J connectivity index is 2.08. The Morgan fingerprint density at radius 3 is 2.61 bits per heavy atom. The van der Waals surface area contributed by atoms with Crippen LogP contribution in [0.2, 0.25) is 0 Å². The minimum absolute atomic E-state index is 0.0805. The molecule has 18 heavy (non-hydrogen) atoms. The predicted octanol–water partition coefficient (Wildman–Crippen LogP) is 1.40. The molecule has 0 saturated heterocycles. The van der Waals surface area contributed by atoms with Crippen LogP contribution in [0.4, 0.5) is 0 Å². The van der Waals surface area contributed by atoms with E-state index in [1.165, 1.54) is 0 Å². The summed E-state index contributed by atoms with van der Waals surface area (Å²) in [6.07, 6.45) is 3.15. The lowest BCUT2D eigenvalue weighted by molar-refractivity contribution is 0.0775. The molecule has 0 aliphatic rings. The summed E-state index contributed by atoms with van der Waals surface area (Å²) in [5.41, 5.74) is 1.52. The van der Waals surface area contributed by atoms with Crippen LogP contribution in [0.1, 0.15) is 16.1 Å². The van der Waals surface area contributed by atoms with Crippen LogP contribution >= 0.6 is 0 Å². The molecule has 0 aliphatic carbocycles. The Kier molecular flexibility index (Phi) is 3.32. The van der Waals surface area contributed by atoms with Gasteiger partial charge in [-0.15, -0.1) is 0 Å². The molecule has 5 nitrogen and oxygen atoms in total. The van der Waals surface area contributed by atoms with E-state index in [4.69, 9.17) is 0 Å². The quantitative estimate of drug-likeness (QED) is 0.889. The molecular formula is C13H15N3O2. The van der Waals surface area contributed by atoms with E-state index in [-0.39, 0.29) is 11.7 Å². The summed E-state index contributed by atoms with van der Waals surface area (Å²) in [6, 6.07) is 6.81. The number of hydrogen-bond acceptors (Lipinski definition) is 3. The van der Waals surface area contributed by atoms with Crippen molar-refractivity contribution in [3.05, 3.63) is 48.0 Å². The third kappa shape index (κ3) is 2.51. The molecule has 1 aromatic heterocycles. The highest BCUT2D eigenvalue weighted by Crippen LogP contribution is 2.12. The molecule has 0 bridgehead atoms. The Hall–Kier alpha value is -2.30. The summed E-state index contributed by atoms with van der Waals surface area (Å²) in [5.74, 6) is 0.141. The first-order chi connectivity index (χ1) is 8.58. The number of amides is 1. The molecule has 0 radical (unpaired) electrons. The van der Waals surface area contributed by atoms with Gasteiger partial charge in [0.2, 0.25) is 0 Å². The van der Waals surface area contributed by atoms with Crippen molar-refractivity contribution >= 4 is 5.91 Å². The average Bonchev–Trinajstić information content (AvgIpc) is 2.77. The van der Waals surface area contributed by atoms with E-state index in [9.17, 15) is 9.90 Å². The van der Waals surface area contributed by atoms with Crippen molar-refractivity contribution in [2.45, 2.75) is 6.54 Å². The smallest absolute Gasteiger partial charge is 0.272 e. The molecule has 1 amide bonds. The average molecular weight is 245 g/mol. The number of aryl methyl sites for hydroxylation is 1. The summed E-state index contributed by atoms with van der Waals surface area (Å²) < 4.78 is 1.69. The summed E-state index contributed by atoms with van der Waals surface area (Å²) in [5, 5.41) is 9.19. The second kappa shape index (κ2) is 4.91. The molecule has 0 unspecified atom stereocenters. The van der Waals surface area contributed by atoms with Gasteiger partial charge in [0.05, 0.1) is 12.5 Å². The van der Waals surface area contributed by atoms with Crippen molar-refractivity contribution in [1.29, 1.82) is 0 Å². The predicted molar refractivity (Wildman–Crippen MR) is 67.1 cm³/mol. The zero-order valence-corrected chi connectivity index (χ0v) is 10.4. The Labute approximate surface area is 105 Å². The lowest BCUT2D eigenvalue weighted by Gasteiger charge is -2.17. The van der Waals surface area contributed by atoms with Crippen molar-refractivity contribution in [1.82, 2.24) is 14.5 Å². The highest BCUT2D eigenvalue weighted by Gasteiger charge is 2.15. The lowest BCUT2D eigenvalue weighted by Crippen LogP contribution is -2.27. The van der Waals surface area contributed by atoms with Crippen LogP contribution in [0.15, 0.2) is 36.8 Å². The third-order valence-corrected chi connectivity index (χ3v) is 2.74. The number of phenolic OH excluding ortho intramolecular Hbond substituents is 1. The van der Waals surface area contributed by atoms with Gasteiger partial charge >= 0.3 is 0 Å². The van der Waals surface area contributed by atoms with E-state index in [1.807, 2.05) is 0 Å². The first-order valence-corrected chi connectivity index (χ1v) is 5.57. The topological polar surface area (TPSA) is 58.4 Å². The SMILES string of the molecule is CN(Cc1ccc(O)cc1)C(=O)c1cncn1C. The molecule has 0 saturated carbocycles. The molecule has 1 aromatic carbocycles. The van der Waals surface area contributed by atoms with Gasteiger partial charge in [-0.2, -0.15) is 0 Å². The number of hydrogen-bond donors (Lipinski definition) is 1. The van der Waals surface area contributed by atoms with Crippen molar-refractivity contribution in [3.63, 3.8) is 0 Å². The molecule has 1 heterocycles. The van der Waals surface area contributed by atoms with E-state index in [1.54, 1.807) is 60.4 Å². The van der Waals surface area contributed by atoms with E-state index in [0.29, 0.717) is 12.2 Å². The van der Waals surface area contributed by atoms with Gasteiger partial charge in [0.15, 0.2) is 0 Å². The number of imidazole rings is 1. The molecule has 0 fully saturated rings. The summed E-state index contributed by atoms with van der Waals surface area (Å²) >= 11 is 0. The Bertz CT molecular complexity index is 546. The second-order valence-electron chi connectivity index (χ2n) is 4.22. The van der Waals surface area contributed by atoms with Crippen molar-refractivity contribution in [2.75, 3.05) is 7.05 Å². The minimum atomic E-state index is -0.0805. The monoisotopic (exact) mass is 245 g/mol. The lowest BCUT2D eigenvalue weighted by atomic mass is 10.2. The van der Waals surface area contributed by atoms with Crippen molar-refractivity contribution in [2.24, 2.45) is 7.05 Å². The zero-order valence-electron chi connectivity index (χ0n) is 10.4. The van der Waals surface area contributed by atoms with Gasteiger partial charge < -0.3 is 14.6 Å². The number of benzene rings is 1. The van der Waals surface area contributed by atoms with Gasteiger partial charge in [0, 0.05) is 20.6 Å². The first-order valence-electron chi connectivity index (χ1n) is 5.57. The van der Waals surface area contributed by atoms with Gasteiger partial charge in [-0.1, -0.05) is 12.1 Å². The van der Waals surface area contributed by atoms with Crippen LogP contribution in [0.5, 0.6) is 5.75 Å². The van der Waals surface area contributed by atoms with Gasteiger partial charge in [0.1, 0.15) is 11.4 Å². The van der Waals surface area contributed by atoms with E-state index >= 15 is 0 Å². The molecule has 94 valence electrons. The van der Waals surface area contributed by atoms with Crippen molar-refractivity contribution < 1.29 is 9.90 Å². The number of carbonyl (C=O) groups excluding carboxylic acids is 1. The molecular weight excluding hydrogens is 230 g/mol.